The van der Waals surface area contributed by atoms with Crippen LogP contribution < -0.4 is 0 Å². The van der Waals surface area contributed by atoms with Crippen LogP contribution in [-0.2, 0) is 0 Å². The molecule has 4 heteroatoms. The molecule has 11 rings (SSSR count). The molecule has 0 saturated heterocycles. The number of aromatic nitrogens is 2. The van der Waals surface area contributed by atoms with E-state index < -0.39 is 0 Å². The SMILES string of the molecule is C=S(C)c1cccc2c1oc1c(-n3c4ccccc4c4cc(-c5ccc6c(c5)c5cc(-c7ccccc7)ccc5n6-c5ccccc5)ccc43)cccc12. The summed E-state index contributed by atoms with van der Waals surface area (Å²) in [7, 11) is -0.177. The molecule has 0 radical (unpaired) electrons. The third-order valence-electron chi connectivity index (χ3n) is 11.0. The first-order chi connectivity index (χ1) is 26.6. The second-order valence-corrected chi connectivity index (χ2v) is 15.8. The maximum Gasteiger partial charge on any atom is 0.159 e. The van der Waals surface area contributed by atoms with E-state index in [-0.39, 0.29) is 10.5 Å². The van der Waals surface area contributed by atoms with Gasteiger partial charge in [0.25, 0.3) is 0 Å². The number of benzene rings is 8. The molecule has 8 aromatic carbocycles. The van der Waals surface area contributed by atoms with Crippen molar-refractivity contribution in [2.24, 2.45) is 0 Å². The first-order valence-electron chi connectivity index (χ1n) is 18.3. The van der Waals surface area contributed by atoms with E-state index >= 15 is 0 Å². The predicted molar refractivity (Wildman–Crippen MR) is 232 cm³/mol. The smallest absolute Gasteiger partial charge is 0.159 e. The third-order valence-corrected chi connectivity index (χ3v) is 12.0. The molecule has 3 aromatic heterocycles. The Morgan fingerprint density at radius 1 is 0.407 bits per heavy atom. The first kappa shape index (κ1) is 31.0. The lowest BCUT2D eigenvalue weighted by molar-refractivity contribution is 0.658. The minimum atomic E-state index is -0.177. The van der Waals surface area contributed by atoms with Gasteiger partial charge in [0.15, 0.2) is 5.58 Å². The highest BCUT2D eigenvalue weighted by molar-refractivity contribution is 8.13. The lowest BCUT2D eigenvalue weighted by Gasteiger charge is -2.10. The molecule has 54 heavy (non-hydrogen) atoms. The van der Waals surface area contributed by atoms with Crippen molar-refractivity contribution in [1.29, 1.82) is 0 Å². The Morgan fingerprint density at radius 3 is 1.57 bits per heavy atom. The minimum Gasteiger partial charge on any atom is -0.453 e. The molecule has 0 amide bonds. The largest absolute Gasteiger partial charge is 0.453 e. The molecule has 1 unspecified atom stereocenters. The van der Waals surface area contributed by atoms with Crippen molar-refractivity contribution >= 4 is 81.9 Å². The molecule has 256 valence electrons. The zero-order valence-corrected chi connectivity index (χ0v) is 30.5. The fraction of sp³-hybridized carbons (Fsp3) is 0.0200. The number of nitrogens with zero attached hydrogens (tertiary/aromatic N) is 2. The van der Waals surface area contributed by atoms with E-state index in [1.807, 2.05) is 0 Å². The van der Waals surface area contributed by atoms with E-state index in [4.69, 9.17) is 4.42 Å². The van der Waals surface area contributed by atoms with Crippen LogP contribution in [0.4, 0.5) is 0 Å². The number of rotatable bonds is 5. The highest BCUT2D eigenvalue weighted by atomic mass is 32.2. The Balaban J connectivity index is 1.12. The summed E-state index contributed by atoms with van der Waals surface area (Å²) >= 11 is 0. The zero-order chi connectivity index (χ0) is 35.9. The summed E-state index contributed by atoms with van der Waals surface area (Å²) in [6.07, 6.45) is 2.15. The first-order valence-corrected chi connectivity index (χ1v) is 20.1. The summed E-state index contributed by atoms with van der Waals surface area (Å²) in [5, 5.41) is 7.16. The Bertz CT molecular complexity index is 3290. The van der Waals surface area contributed by atoms with E-state index in [1.54, 1.807) is 0 Å². The quantitative estimate of drug-likeness (QED) is 0.163. The van der Waals surface area contributed by atoms with E-state index in [0.717, 1.165) is 49.2 Å². The monoisotopic (exact) mass is 710 g/mol. The second kappa shape index (κ2) is 12.0. The summed E-state index contributed by atoms with van der Waals surface area (Å²) in [6, 6.07) is 63.7. The van der Waals surface area contributed by atoms with Gasteiger partial charge in [0.2, 0.25) is 0 Å². The molecule has 3 heterocycles. The average Bonchev–Trinajstić information content (AvgIpc) is 3.88. The van der Waals surface area contributed by atoms with Crippen LogP contribution in [0.1, 0.15) is 0 Å². The Hall–Kier alpha value is -6.62. The van der Waals surface area contributed by atoms with Gasteiger partial charge in [0.1, 0.15) is 5.58 Å². The molecule has 0 aliphatic rings. The van der Waals surface area contributed by atoms with Crippen molar-refractivity contribution in [3.05, 3.63) is 176 Å². The fourth-order valence-corrected chi connectivity index (χ4v) is 9.29. The molecule has 0 spiro atoms. The van der Waals surface area contributed by atoms with Gasteiger partial charge in [-0.05, 0) is 95.2 Å². The Kier molecular flexibility index (Phi) is 6.85. The van der Waals surface area contributed by atoms with Crippen LogP contribution >= 0.6 is 10.5 Å². The van der Waals surface area contributed by atoms with Crippen LogP contribution in [-0.4, -0.2) is 21.3 Å². The second-order valence-electron chi connectivity index (χ2n) is 14.1. The average molecular weight is 711 g/mol. The van der Waals surface area contributed by atoms with Crippen LogP contribution in [0, 0.1) is 0 Å². The van der Waals surface area contributed by atoms with Crippen LogP contribution in [0.25, 0.3) is 99.2 Å². The highest BCUT2D eigenvalue weighted by Crippen LogP contribution is 2.43. The summed E-state index contributed by atoms with van der Waals surface area (Å²) in [4.78, 5) is 1.15. The van der Waals surface area contributed by atoms with Gasteiger partial charge in [-0.1, -0.05) is 115 Å². The summed E-state index contributed by atoms with van der Waals surface area (Å²) < 4.78 is 11.5. The van der Waals surface area contributed by atoms with Crippen molar-refractivity contribution in [2.45, 2.75) is 4.90 Å². The maximum atomic E-state index is 6.78. The van der Waals surface area contributed by atoms with Gasteiger partial charge in [0, 0.05) is 42.9 Å². The third kappa shape index (κ3) is 4.60. The molecular formula is C50H34N2OS. The van der Waals surface area contributed by atoms with Gasteiger partial charge in [0.05, 0.1) is 27.8 Å². The Morgan fingerprint density at radius 2 is 0.907 bits per heavy atom. The lowest BCUT2D eigenvalue weighted by Crippen LogP contribution is -1.94. The molecule has 0 aliphatic heterocycles. The predicted octanol–water partition coefficient (Wildman–Crippen LogP) is 13.8. The fourth-order valence-electron chi connectivity index (χ4n) is 8.51. The molecule has 0 N–H and O–H groups in total. The number of fused-ring (bicyclic) bond motifs is 9. The van der Waals surface area contributed by atoms with Gasteiger partial charge in [-0.2, -0.15) is 10.5 Å². The summed E-state index contributed by atoms with van der Waals surface area (Å²) in [5.74, 6) is 4.34. The van der Waals surface area contributed by atoms with E-state index in [9.17, 15) is 0 Å². The topological polar surface area (TPSA) is 23.0 Å². The van der Waals surface area contributed by atoms with Gasteiger partial charge in [-0.25, -0.2) is 0 Å². The summed E-state index contributed by atoms with van der Waals surface area (Å²) in [6.45, 7) is 0. The van der Waals surface area contributed by atoms with E-state index in [0.29, 0.717) is 0 Å². The van der Waals surface area contributed by atoms with Gasteiger partial charge in [-0.3, -0.25) is 0 Å². The van der Waals surface area contributed by atoms with E-state index in [1.165, 1.54) is 54.8 Å². The molecule has 0 bridgehead atoms. The number of furan rings is 1. The lowest BCUT2D eigenvalue weighted by atomic mass is 9.99. The van der Waals surface area contributed by atoms with Crippen LogP contribution in [0.3, 0.4) is 0 Å². The maximum absolute atomic E-state index is 6.78. The normalized spacial score (nSPS) is 12.5. The van der Waals surface area contributed by atoms with Crippen LogP contribution in [0.5, 0.6) is 0 Å². The van der Waals surface area contributed by atoms with Crippen molar-refractivity contribution in [2.75, 3.05) is 6.26 Å². The molecule has 0 aliphatic carbocycles. The van der Waals surface area contributed by atoms with E-state index in [2.05, 4.69) is 197 Å². The van der Waals surface area contributed by atoms with Crippen molar-refractivity contribution < 1.29 is 4.42 Å². The van der Waals surface area contributed by atoms with Crippen molar-refractivity contribution in [1.82, 2.24) is 9.13 Å². The Labute approximate surface area is 314 Å². The van der Waals surface area contributed by atoms with Crippen LogP contribution in [0.15, 0.2) is 185 Å². The van der Waals surface area contributed by atoms with Gasteiger partial charge < -0.3 is 13.6 Å². The molecule has 11 aromatic rings. The molecule has 0 fully saturated rings. The number of para-hydroxylation sites is 4. The zero-order valence-electron chi connectivity index (χ0n) is 29.7. The van der Waals surface area contributed by atoms with Crippen molar-refractivity contribution in [3.63, 3.8) is 0 Å². The number of hydrogen-bond donors (Lipinski definition) is 0. The highest BCUT2D eigenvalue weighted by Gasteiger charge is 2.20. The molecule has 3 nitrogen and oxygen atoms in total. The number of hydrogen-bond acceptors (Lipinski definition) is 1. The molecule has 1 atom stereocenters. The molecular weight excluding hydrogens is 677 g/mol. The standard InChI is InChI=1S/C50H34N2OS/c1-54(2)48-22-12-19-39-38-18-11-21-47(49(38)53-50(39)48)52-43-20-10-9-17-37(43)40-30-34(25-28-46(40)52)35-24-27-45-42(31-35)41-29-33(32-13-5-3-6-14-32)23-26-44(41)51(45)36-15-7-4-8-16-36/h3-31H,1H2,2H3. The van der Waals surface area contributed by atoms with Gasteiger partial charge >= 0.3 is 0 Å². The van der Waals surface area contributed by atoms with Crippen molar-refractivity contribution in [3.8, 4) is 33.6 Å². The summed E-state index contributed by atoms with van der Waals surface area (Å²) in [5.41, 5.74) is 13.5. The van der Waals surface area contributed by atoms with Gasteiger partial charge in [-0.15, -0.1) is 0 Å². The molecule has 0 saturated carbocycles. The minimum absolute atomic E-state index is 0.177. The van der Waals surface area contributed by atoms with Crippen LogP contribution in [0.2, 0.25) is 0 Å².